The van der Waals surface area contributed by atoms with Crippen LogP contribution in [0.4, 0.5) is 0 Å². The van der Waals surface area contributed by atoms with Crippen molar-refractivity contribution in [2.24, 2.45) is 23.2 Å². The van der Waals surface area contributed by atoms with Gasteiger partial charge in [-0.15, -0.1) is 0 Å². The van der Waals surface area contributed by atoms with Gasteiger partial charge in [0.15, 0.2) is 0 Å². The molecule has 0 atom stereocenters. The molecule has 0 radical (unpaired) electrons. The van der Waals surface area contributed by atoms with Crippen molar-refractivity contribution in [1.82, 2.24) is 14.9 Å². The van der Waals surface area contributed by atoms with E-state index in [2.05, 4.69) is 41.1 Å². The van der Waals surface area contributed by atoms with Gasteiger partial charge in [0.2, 0.25) is 5.91 Å². The van der Waals surface area contributed by atoms with Crippen molar-refractivity contribution in [1.29, 1.82) is 0 Å². The molecule has 0 unspecified atom stereocenters. The van der Waals surface area contributed by atoms with Gasteiger partial charge in [0.05, 0.1) is 11.0 Å². The molecule has 4 heteroatoms. The molecule has 1 heterocycles. The topological polar surface area (TPSA) is 46.9 Å². The third kappa shape index (κ3) is 5.78. The number of rotatable bonds is 14. The van der Waals surface area contributed by atoms with Crippen molar-refractivity contribution in [3.63, 3.8) is 0 Å². The second kappa shape index (κ2) is 11.5. The largest absolute Gasteiger partial charge is 0.355 e. The van der Waals surface area contributed by atoms with Gasteiger partial charge in [0.1, 0.15) is 5.82 Å². The first kappa shape index (κ1) is 24.8. The first-order valence-electron chi connectivity index (χ1n) is 14.9. The van der Waals surface area contributed by atoms with Crippen molar-refractivity contribution in [3.8, 4) is 0 Å². The number of unbranched alkanes of at least 4 members (excludes halogenated alkanes) is 8. The van der Waals surface area contributed by atoms with E-state index >= 15 is 0 Å². The first-order chi connectivity index (χ1) is 17.2. The SMILES string of the molecule is CCCCCCCCCCCn1c(CCNC(=O)C23CC4CC(CC(C4)C2)C3)nc2ccccc21. The van der Waals surface area contributed by atoms with E-state index in [4.69, 9.17) is 4.98 Å². The number of hydrogen-bond acceptors (Lipinski definition) is 2. The van der Waals surface area contributed by atoms with Crippen molar-refractivity contribution in [3.05, 3.63) is 30.1 Å². The van der Waals surface area contributed by atoms with Gasteiger partial charge in [-0.2, -0.15) is 0 Å². The van der Waals surface area contributed by atoms with E-state index in [0.717, 1.165) is 61.3 Å². The molecule has 4 fully saturated rings. The molecule has 35 heavy (non-hydrogen) atoms. The van der Waals surface area contributed by atoms with Gasteiger partial charge in [-0.3, -0.25) is 4.79 Å². The second-order valence-electron chi connectivity index (χ2n) is 12.2. The number of para-hydroxylation sites is 2. The number of amides is 1. The highest BCUT2D eigenvalue weighted by Gasteiger charge is 2.54. The van der Waals surface area contributed by atoms with Crippen LogP contribution in [0.2, 0.25) is 0 Å². The molecule has 4 aliphatic rings. The Morgan fingerprint density at radius 3 is 2.17 bits per heavy atom. The van der Waals surface area contributed by atoms with Crippen molar-refractivity contribution < 1.29 is 4.79 Å². The van der Waals surface area contributed by atoms with Gasteiger partial charge < -0.3 is 9.88 Å². The molecule has 1 amide bonds. The summed E-state index contributed by atoms with van der Waals surface area (Å²) in [5.74, 6) is 3.92. The maximum atomic E-state index is 13.4. The van der Waals surface area contributed by atoms with Crippen LogP contribution in [0.3, 0.4) is 0 Å². The van der Waals surface area contributed by atoms with Gasteiger partial charge in [0, 0.05) is 24.9 Å². The van der Waals surface area contributed by atoms with Gasteiger partial charge in [-0.25, -0.2) is 4.98 Å². The number of carbonyl (C=O) groups is 1. The zero-order valence-corrected chi connectivity index (χ0v) is 22.1. The number of aromatic nitrogens is 2. The first-order valence-corrected chi connectivity index (χ1v) is 14.9. The number of benzene rings is 1. The van der Waals surface area contributed by atoms with Crippen molar-refractivity contribution in [2.75, 3.05) is 6.54 Å². The third-order valence-electron chi connectivity index (χ3n) is 9.37. The lowest BCUT2D eigenvalue weighted by Gasteiger charge is -2.55. The molecule has 192 valence electrons. The van der Waals surface area contributed by atoms with Gasteiger partial charge in [0.25, 0.3) is 0 Å². The standard InChI is InChI=1S/C31H47N3O/c1-2-3-4-5-6-7-8-9-12-17-34-28-14-11-10-13-27(28)33-29(34)15-16-32-30(35)31-21-24-18-25(22-31)20-26(19-24)23-31/h10-11,13-14,24-26H,2-9,12,15-23H2,1H3,(H,32,35). The van der Waals surface area contributed by atoms with Crippen molar-refractivity contribution >= 4 is 16.9 Å². The molecule has 0 aliphatic heterocycles. The number of hydrogen-bond donors (Lipinski definition) is 1. The highest BCUT2D eigenvalue weighted by molar-refractivity contribution is 5.83. The van der Waals surface area contributed by atoms with Crippen LogP contribution in [0.5, 0.6) is 0 Å². The van der Waals surface area contributed by atoms with Crippen LogP contribution in [-0.4, -0.2) is 22.0 Å². The molecule has 4 nitrogen and oxygen atoms in total. The monoisotopic (exact) mass is 477 g/mol. The third-order valence-corrected chi connectivity index (χ3v) is 9.37. The van der Waals surface area contributed by atoms with E-state index in [0.29, 0.717) is 12.5 Å². The lowest BCUT2D eigenvalue weighted by Crippen LogP contribution is -2.53. The van der Waals surface area contributed by atoms with Gasteiger partial charge in [-0.05, 0) is 74.8 Å². The summed E-state index contributed by atoms with van der Waals surface area (Å²) in [6.07, 6.45) is 20.5. The molecule has 4 saturated carbocycles. The number of imidazole rings is 1. The Labute approximate surface area is 212 Å². The summed E-state index contributed by atoms with van der Waals surface area (Å²) in [6, 6.07) is 8.53. The normalized spacial score (nSPS) is 27.1. The predicted molar refractivity (Wildman–Crippen MR) is 144 cm³/mol. The summed E-state index contributed by atoms with van der Waals surface area (Å²) in [7, 11) is 0. The maximum absolute atomic E-state index is 13.4. The lowest BCUT2D eigenvalue weighted by atomic mass is 9.49. The van der Waals surface area contributed by atoms with Crippen LogP contribution >= 0.6 is 0 Å². The minimum Gasteiger partial charge on any atom is -0.355 e. The molecule has 4 bridgehead atoms. The molecular formula is C31H47N3O. The van der Waals surface area contributed by atoms with E-state index in [9.17, 15) is 4.79 Å². The van der Waals surface area contributed by atoms with E-state index in [1.54, 1.807) is 0 Å². The minimum atomic E-state index is -0.0502. The fourth-order valence-electron chi connectivity index (χ4n) is 8.01. The Bertz CT molecular complexity index is 941. The fraction of sp³-hybridized carbons (Fsp3) is 0.742. The average Bonchev–Trinajstić information content (AvgIpc) is 3.19. The number of aryl methyl sites for hydroxylation is 1. The summed E-state index contributed by atoms with van der Waals surface area (Å²) < 4.78 is 2.42. The Morgan fingerprint density at radius 1 is 0.914 bits per heavy atom. The summed E-state index contributed by atoms with van der Waals surface area (Å²) in [5.41, 5.74) is 2.28. The second-order valence-corrected chi connectivity index (χ2v) is 12.2. The molecule has 1 aromatic heterocycles. The predicted octanol–water partition coefficient (Wildman–Crippen LogP) is 7.44. The Hall–Kier alpha value is -1.84. The summed E-state index contributed by atoms with van der Waals surface area (Å²) >= 11 is 0. The van der Waals surface area contributed by atoms with Crippen LogP contribution in [0.15, 0.2) is 24.3 Å². The molecule has 2 aromatic rings. The molecule has 4 aliphatic carbocycles. The van der Waals surface area contributed by atoms with E-state index < -0.39 is 0 Å². The molecule has 6 rings (SSSR count). The average molecular weight is 478 g/mol. The molecule has 1 aromatic carbocycles. The van der Waals surface area contributed by atoms with Crippen LogP contribution in [0, 0.1) is 23.2 Å². The van der Waals surface area contributed by atoms with Gasteiger partial charge in [-0.1, -0.05) is 70.4 Å². The van der Waals surface area contributed by atoms with Crippen LogP contribution in [0.1, 0.15) is 109 Å². The maximum Gasteiger partial charge on any atom is 0.226 e. The Balaban J connectivity index is 1.12. The molecule has 0 spiro atoms. The van der Waals surface area contributed by atoms with E-state index in [1.807, 2.05) is 0 Å². The number of fused-ring (bicyclic) bond motifs is 1. The number of nitrogens with one attached hydrogen (secondary N) is 1. The molecular weight excluding hydrogens is 430 g/mol. The smallest absolute Gasteiger partial charge is 0.226 e. The van der Waals surface area contributed by atoms with E-state index in [-0.39, 0.29) is 5.41 Å². The lowest BCUT2D eigenvalue weighted by molar-refractivity contribution is -0.146. The van der Waals surface area contributed by atoms with E-state index in [1.165, 1.54) is 82.6 Å². The van der Waals surface area contributed by atoms with Crippen LogP contribution in [-0.2, 0) is 17.8 Å². The Morgan fingerprint density at radius 2 is 1.51 bits per heavy atom. The fourth-order valence-corrected chi connectivity index (χ4v) is 8.01. The highest BCUT2D eigenvalue weighted by Crippen LogP contribution is 2.60. The van der Waals surface area contributed by atoms with Gasteiger partial charge >= 0.3 is 0 Å². The summed E-state index contributed by atoms with van der Waals surface area (Å²) in [6.45, 7) is 4.03. The Kier molecular flexibility index (Phi) is 8.14. The zero-order valence-electron chi connectivity index (χ0n) is 22.1. The minimum absolute atomic E-state index is 0.0502. The van der Waals surface area contributed by atoms with Crippen LogP contribution in [0.25, 0.3) is 11.0 Å². The zero-order chi connectivity index (χ0) is 24.1. The van der Waals surface area contributed by atoms with Crippen molar-refractivity contribution in [2.45, 2.75) is 116 Å². The highest BCUT2D eigenvalue weighted by atomic mass is 16.2. The molecule has 1 N–H and O–H groups in total. The summed E-state index contributed by atoms with van der Waals surface area (Å²) in [4.78, 5) is 18.3. The quantitative estimate of drug-likeness (QED) is 0.287. The summed E-state index contributed by atoms with van der Waals surface area (Å²) in [5, 5.41) is 3.37. The molecule has 0 saturated heterocycles. The number of carbonyl (C=O) groups excluding carboxylic acids is 1. The number of nitrogens with zero attached hydrogens (tertiary/aromatic N) is 2. The van der Waals surface area contributed by atoms with Crippen LogP contribution < -0.4 is 5.32 Å².